The Labute approximate surface area is 112 Å². The highest BCUT2D eigenvalue weighted by Gasteiger charge is 2.12. The highest BCUT2D eigenvalue weighted by Crippen LogP contribution is 2.20. The minimum Gasteiger partial charge on any atom is -0.311 e. The van der Waals surface area contributed by atoms with Crippen molar-refractivity contribution in [3.63, 3.8) is 0 Å². The average Bonchev–Trinajstić information content (AvgIpc) is 2.76. The van der Waals surface area contributed by atoms with Crippen molar-refractivity contribution in [2.45, 2.75) is 26.7 Å². The summed E-state index contributed by atoms with van der Waals surface area (Å²) in [6.45, 7) is 4.03. The van der Waals surface area contributed by atoms with Crippen LogP contribution in [0.3, 0.4) is 0 Å². The summed E-state index contributed by atoms with van der Waals surface area (Å²) in [5.74, 6) is 0. The number of aromatic nitrogens is 1. The van der Waals surface area contributed by atoms with Crippen LogP contribution < -0.4 is 0 Å². The molecular formula is C16H17NO2. The number of aryl methyl sites for hydroxylation is 2. The first kappa shape index (κ1) is 13.3. The van der Waals surface area contributed by atoms with Crippen LogP contribution in [0.2, 0.25) is 0 Å². The number of carbonyl (C=O) groups excluding carboxylic acids is 2. The molecule has 0 atom stereocenters. The van der Waals surface area contributed by atoms with Crippen molar-refractivity contribution in [3.8, 4) is 5.69 Å². The van der Waals surface area contributed by atoms with Gasteiger partial charge in [0.2, 0.25) is 0 Å². The van der Waals surface area contributed by atoms with E-state index in [0.717, 1.165) is 36.8 Å². The van der Waals surface area contributed by atoms with Gasteiger partial charge in [-0.3, -0.25) is 9.59 Å². The van der Waals surface area contributed by atoms with Gasteiger partial charge in [-0.2, -0.15) is 0 Å². The largest absolute Gasteiger partial charge is 0.311 e. The van der Waals surface area contributed by atoms with E-state index in [1.54, 1.807) is 6.07 Å². The van der Waals surface area contributed by atoms with Gasteiger partial charge < -0.3 is 4.57 Å². The Balaban J connectivity index is 2.49. The summed E-state index contributed by atoms with van der Waals surface area (Å²) in [5.41, 5.74) is 3.92. The lowest BCUT2D eigenvalue weighted by Crippen LogP contribution is -2.02. The Morgan fingerprint density at radius 1 is 1.11 bits per heavy atom. The van der Waals surface area contributed by atoms with E-state index in [1.807, 2.05) is 23.6 Å². The van der Waals surface area contributed by atoms with Crippen LogP contribution in [0.5, 0.6) is 0 Å². The maximum absolute atomic E-state index is 11.2. The van der Waals surface area contributed by atoms with Gasteiger partial charge in [-0.1, -0.05) is 25.5 Å². The van der Waals surface area contributed by atoms with Crippen LogP contribution >= 0.6 is 0 Å². The topological polar surface area (TPSA) is 39.1 Å². The summed E-state index contributed by atoms with van der Waals surface area (Å²) in [7, 11) is 0. The fraction of sp³-hybridized carbons (Fsp3) is 0.250. The third kappa shape index (κ3) is 2.50. The van der Waals surface area contributed by atoms with Crippen molar-refractivity contribution in [2.24, 2.45) is 0 Å². The SMILES string of the molecule is CCCc1ccc(-n2c(C)cc(C=O)c2C=O)cc1. The molecule has 0 bridgehead atoms. The highest BCUT2D eigenvalue weighted by molar-refractivity contribution is 5.90. The lowest BCUT2D eigenvalue weighted by atomic mass is 10.1. The van der Waals surface area contributed by atoms with Crippen LogP contribution in [-0.2, 0) is 6.42 Å². The molecule has 2 rings (SSSR count). The van der Waals surface area contributed by atoms with Crippen molar-refractivity contribution in [3.05, 3.63) is 52.8 Å². The van der Waals surface area contributed by atoms with Gasteiger partial charge in [0.1, 0.15) is 0 Å². The molecule has 0 spiro atoms. The molecule has 0 N–H and O–H groups in total. The normalized spacial score (nSPS) is 10.4. The molecule has 3 nitrogen and oxygen atoms in total. The van der Waals surface area contributed by atoms with Crippen molar-refractivity contribution in [1.29, 1.82) is 0 Å². The van der Waals surface area contributed by atoms with Gasteiger partial charge in [-0.25, -0.2) is 0 Å². The zero-order valence-corrected chi connectivity index (χ0v) is 11.2. The van der Waals surface area contributed by atoms with Crippen LogP contribution in [0.4, 0.5) is 0 Å². The maximum Gasteiger partial charge on any atom is 0.167 e. The first-order valence-corrected chi connectivity index (χ1v) is 6.43. The van der Waals surface area contributed by atoms with Crippen molar-refractivity contribution >= 4 is 12.6 Å². The van der Waals surface area contributed by atoms with Crippen LogP contribution in [0, 0.1) is 6.92 Å². The van der Waals surface area contributed by atoms with Crippen molar-refractivity contribution in [2.75, 3.05) is 0 Å². The van der Waals surface area contributed by atoms with Gasteiger partial charge >= 0.3 is 0 Å². The number of hydrogen-bond acceptors (Lipinski definition) is 2. The quantitative estimate of drug-likeness (QED) is 0.768. The predicted octanol–water partition coefficient (Wildman–Crippen LogP) is 3.36. The van der Waals surface area contributed by atoms with Crippen molar-refractivity contribution < 1.29 is 9.59 Å². The minimum atomic E-state index is 0.413. The smallest absolute Gasteiger partial charge is 0.167 e. The van der Waals surface area contributed by atoms with Crippen molar-refractivity contribution in [1.82, 2.24) is 4.57 Å². The first-order chi connectivity index (χ1) is 9.21. The Morgan fingerprint density at radius 3 is 2.32 bits per heavy atom. The summed E-state index contributed by atoms with van der Waals surface area (Å²) < 4.78 is 1.81. The highest BCUT2D eigenvalue weighted by atomic mass is 16.1. The molecule has 0 unspecified atom stereocenters. The summed E-state index contributed by atoms with van der Waals surface area (Å²) in [6, 6.07) is 9.83. The van der Waals surface area contributed by atoms with Gasteiger partial charge in [0.05, 0.1) is 5.69 Å². The van der Waals surface area contributed by atoms with Crippen LogP contribution in [0.15, 0.2) is 30.3 Å². The van der Waals surface area contributed by atoms with E-state index in [4.69, 9.17) is 0 Å². The van der Waals surface area contributed by atoms with E-state index >= 15 is 0 Å². The number of benzene rings is 1. The van der Waals surface area contributed by atoms with Crippen LogP contribution in [0.1, 0.15) is 45.4 Å². The second kappa shape index (κ2) is 5.65. The fourth-order valence-electron chi connectivity index (χ4n) is 2.34. The molecule has 0 aliphatic carbocycles. The molecule has 1 aromatic heterocycles. The number of carbonyl (C=O) groups is 2. The molecule has 19 heavy (non-hydrogen) atoms. The molecule has 0 saturated carbocycles. The summed E-state index contributed by atoms with van der Waals surface area (Å²) in [5, 5.41) is 0. The van der Waals surface area contributed by atoms with Gasteiger partial charge in [0.15, 0.2) is 12.6 Å². The number of hydrogen-bond donors (Lipinski definition) is 0. The number of rotatable bonds is 5. The molecule has 98 valence electrons. The Hall–Kier alpha value is -2.16. The van der Waals surface area contributed by atoms with Gasteiger partial charge in [-0.05, 0) is 37.1 Å². The second-order valence-corrected chi connectivity index (χ2v) is 4.61. The predicted molar refractivity (Wildman–Crippen MR) is 75.3 cm³/mol. The molecule has 0 radical (unpaired) electrons. The lowest BCUT2D eigenvalue weighted by Gasteiger charge is -2.09. The molecule has 0 aliphatic rings. The van der Waals surface area contributed by atoms with Gasteiger partial charge in [0.25, 0.3) is 0 Å². The van der Waals surface area contributed by atoms with E-state index in [-0.39, 0.29) is 0 Å². The Morgan fingerprint density at radius 2 is 1.79 bits per heavy atom. The van der Waals surface area contributed by atoms with Crippen LogP contribution in [0.25, 0.3) is 5.69 Å². The molecule has 1 aromatic carbocycles. The van der Waals surface area contributed by atoms with Gasteiger partial charge in [-0.15, -0.1) is 0 Å². The van der Waals surface area contributed by atoms with Crippen LogP contribution in [-0.4, -0.2) is 17.1 Å². The fourth-order valence-corrected chi connectivity index (χ4v) is 2.34. The minimum absolute atomic E-state index is 0.413. The average molecular weight is 255 g/mol. The zero-order chi connectivity index (χ0) is 13.8. The molecule has 2 aromatic rings. The zero-order valence-electron chi connectivity index (χ0n) is 11.2. The maximum atomic E-state index is 11.2. The molecule has 0 fully saturated rings. The molecular weight excluding hydrogens is 238 g/mol. The number of aldehydes is 2. The molecule has 3 heteroatoms. The molecule has 0 saturated heterocycles. The molecule has 1 heterocycles. The first-order valence-electron chi connectivity index (χ1n) is 6.43. The standard InChI is InChI=1S/C16H17NO2/c1-3-4-13-5-7-15(8-6-13)17-12(2)9-14(10-18)16(17)11-19/h5-11H,3-4H2,1-2H3. The van der Waals surface area contributed by atoms with E-state index < -0.39 is 0 Å². The summed E-state index contributed by atoms with van der Waals surface area (Å²) >= 11 is 0. The summed E-state index contributed by atoms with van der Waals surface area (Å²) in [6.07, 6.45) is 3.61. The second-order valence-electron chi connectivity index (χ2n) is 4.61. The molecule has 0 aliphatic heterocycles. The lowest BCUT2D eigenvalue weighted by molar-refractivity contribution is 0.109. The summed E-state index contributed by atoms with van der Waals surface area (Å²) in [4.78, 5) is 22.1. The molecule has 0 amide bonds. The van der Waals surface area contributed by atoms with E-state index in [0.29, 0.717) is 11.3 Å². The monoisotopic (exact) mass is 255 g/mol. The third-order valence-corrected chi connectivity index (χ3v) is 3.23. The third-order valence-electron chi connectivity index (χ3n) is 3.23. The van der Waals surface area contributed by atoms with E-state index in [9.17, 15) is 9.59 Å². The van der Waals surface area contributed by atoms with E-state index in [1.165, 1.54) is 5.56 Å². The number of nitrogens with zero attached hydrogens (tertiary/aromatic N) is 1. The van der Waals surface area contributed by atoms with E-state index in [2.05, 4.69) is 19.1 Å². The van der Waals surface area contributed by atoms with Gasteiger partial charge in [0, 0.05) is 16.9 Å². The Bertz CT molecular complexity index is 594. The Kier molecular flexibility index (Phi) is 3.95.